The van der Waals surface area contributed by atoms with Crippen molar-refractivity contribution in [2.75, 3.05) is 25.4 Å². The molecule has 3 aliphatic rings. The van der Waals surface area contributed by atoms with E-state index in [-0.39, 0.29) is 12.4 Å². The topological polar surface area (TPSA) is 38.5 Å². The summed E-state index contributed by atoms with van der Waals surface area (Å²) in [6.45, 7) is 5.63. The molecule has 0 spiro atoms. The highest BCUT2D eigenvalue weighted by Crippen LogP contribution is 2.32. The van der Waals surface area contributed by atoms with Gasteiger partial charge >= 0.3 is 0 Å². The number of nitrogens with zero attached hydrogens (tertiary/aromatic N) is 1. The van der Waals surface area contributed by atoms with Gasteiger partial charge in [-0.05, 0) is 68.1 Å². The van der Waals surface area contributed by atoms with Gasteiger partial charge < -0.3 is 10.5 Å². The summed E-state index contributed by atoms with van der Waals surface area (Å²) < 4.78 is 6.26. The van der Waals surface area contributed by atoms with E-state index in [2.05, 4.69) is 48.2 Å². The second-order valence-electron chi connectivity index (χ2n) is 6.91. The number of aryl methyl sites for hydroxylation is 1. The standard InChI is InChI=1S/C20H24N2O.ClH/c1-14-2-7-18(19(21)12-14)15-3-5-17(6-4-15)23-20-13-22-10-8-16(20)9-11-22;/h2-7,12,16,20H,8-11,13,21H2,1H3;1H. The lowest BCUT2D eigenvalue weighted by Gasteiger charge is -2.44. The Hall–Kier alpha value is -1.71. The summed E-state index contributed by atoms with van der Waals surface area (Å²) in [6, 6.07) is 14.6. The van der Waals surface area contributed by atoms with E-state index in [1.54, 1.807) is 0 Å². The second kappa shape index (κ2) is 7.04. The molecule has 2 bridgehead atoms. The number of hydrogen-bond donors (Lipinski definition) is 1. The van der Waals surface area contributed by atoms with Crippen molar-refractivity contribution < 1.29 is 4.74 Å². The van der Waals surface area contributed by atoms with E-state index in [0.29, 0.717) is 6.10 Å². The van der Waals surface area contributed by atoms with Crippen LogP contribution in [0.3, 0.4) is 0 Å². The highest BCUT2D eigenvalue weighted by atomic mass is 35.5. The quantitative estimate of drug-likeness (QED) is 0.850. The molecule has 3 nitrogen and oxygen atoms in total. The average molecular weight is 345 g/mol. The molecule has 0 amide bonds. The molecule has 0 radical (unpaired) electrons. The SMILES string of the molecule is Cc1ccc(-c2ccc(OC3CN4CCC3CC4)cc2)c(N)c1.Cl. The maximum absolute atomic E-state index is 6.26. The van der Waals surface area contributed by atoms with Crippen molar-refractivity contribution >= 4 is 18.1 Å². The van der Waals surface area contributed by atoms with E-state index in [9.17, 15) is 0 Å². The predicted octanol–water partition coefficient (Wildman–Crippen LogP) is 4.14. The first-order valence-electron chi connectivity index (χ1n) is 8.54. The molecule has 4 heteroatoms. The fourth-order valence-corrected chi connectivity index (χ4v) is 3.88. The number of nitrogen functional groups attached to an aromatic ring is 1. The van der Waals surface area contributed by atoms with Crippen molar-refractivity contribution in [2.24, 2.45) is 5.92 Å². The molecule has 2 aromatic carbocycles. The lowest BCUT2D eigenvalue weighted by atomic mass is 9.86. The molecule has 2 N–H and O–H groups in total. The van der Waals surface area contributed by atoms with Crippen LogP contribution in [0, 0.1) is 12.8 Å². The van der Waals surface area contributed by atoms with Gasteiger partial charge in [0.25, 0.3) is 0 Å². The smallest absolute Gasteiger partial charge is 0.119 e. The highest BCUT2D eigenvalue weighted by Gasteiger charge is 2.35. The number of rotatable bonds is 3. The average Bonchev–Trinajstić information content (AvgIpc) is 2.57. The Morgan fingerprint density at radius 1 is 1.04 bits per heavy atom. The molecule has 3 aliphatic heterocycles. The lowest BCUT2D eigenvalue weighted by Crippen LogP contribution is -2.52. The van der Waals surface area contributed by atoms with Gasteiger partial charge in [-0.1, -0.05) is 24.3 Å². The van der Waals surface area contributed by atoms with Crippen LogP contribution in [0.5, 0.6) is 5.75 Å². The summed E-state index contributed by atoms with van der Waals surface area (Å²) in [6.07, 6.45) is 2.92. The molecular weight excluding hydrogens is 320 g/mol. The number of piperidine rings is 3. The lowest BCUT2D eigenvalue weighted by molar-refractivity contribution is -0.00775. The fraction of sp³-hybridized carbons (Fsp3) is 0.400. The van der Waals surface area contributed by atoms with Crippen molar-refractivity contribution in [3.05, 3.63) is 48.0 Å². The molecule has 0 aliphatic carbocycles. The monoisotopic (exact) mass is 344 g/mol. The van der Waals surface area contributed by atoms with Crippen LogP contribution >= 0.6 is 12.4 Å². The van der Waals surface area contributed by atoms with E-state index in [4.69, 9.17) is 10.5 Å². The van der Waals surface area contributed by atoms with Crippen LogP contribution in [0.2, 0.25) is 0 Å². The number of halogens is 1. The predicted molar refractivity (Wildman–Crippen MR) is 102 cm³/mol. The number of nitrogens with two attached hydrogens (primary N) is 1. The van der Waals surface area contributed by atoms with Crippen LogP contribution in [-0.4, -0.2) is 30.6 Å². The molecule has 3 fully saturated rings. The van der Waals surface area contributed by atoms with E-state index in [1.807, 2.05) is 6.07 Å². The molecule has 128 valence electrons. The van der Waals surface area contributed by atoms with Gasteiger partial charge in [-0.3, -0.25) is 4.90 Å². The molecule has 24 heavy (non-hydrogen) atoms. The minimum Gasteiger partial charge on any atom is -0.489 e. The van der Waals surface area contributed by atoms with Crippen molar-refractivity contribution in [2.45, 2.75) is 25.9 Å². The van der Waals surface area contributed by atoms with Gasteiger partial charge in [0.2, 0.25) is 0 Å². The van der Waals surface area contributed by atoms with E-state index >= 15 is 0 Å². The molecule has 1 unspecified atom stereocenters. The van der Waals surface area contributed by atoms with Crippen molar-refractivity contribution in [3.63, 3.8) is 0 Å². The highest BCUT2D eigenvalue weighted by molar-refractivity contribution is 5.85. The molecule has 2 aromatic rings. The van der Waals surface area contributed by atoms with Gasteiger partial charge in [0.15, 0.2) is 0 Å². The number of benzene rings is 2. The van der Waals surface area contributed by atoms with Gasteiger partial charge in [0, 0.05) is 17.8 Å². The second-order valence-corrected chi connectivity index (χ2v) is 6.91. The molecule has 3 saturated heterocycles. The van der Waals surface area contributed by atoms with Gasteiger partial charge in [0.1, 0.15) is 11.9 Å². The van der Waals surface area contributed by atoms with Crippen LogP contribution in [0.4, 0.5) is 5.69 Å². The maximum atomic E-state index is 6.26. The first-order valence-corrected chi connectivity index (χ1v) is 8.54. The summed E-state index contributed by atoms with van der Waals surface area (Å²) in [4.78, 5) is 2.52. The summed E-state index contributed by atoms with van der Waals surface area (Å²) in [5.74, 6) is 1.70. The third-order valence-electron chi connectivity index (χ3n) is 5.26. The largest absolute Gasteiger partial charge is 0.489 e. The molecule has 5 rings (SSSR count). The van der Waals surface area contributed by atoms with Crippen LogP contribution < -0.4 is 10.5 Å². The minimum absolute atomic E-state index is 0. The zero-order valence-corrected chi connectivity index (χ0v) is 14.9. The van der Waals surface area contributed by atoms with Gasteiger partial charge in [0.05, 0.1) is 0 Å². The summed E-state index contributed by atoms with van der Waals surface area (Å²) in [5, 5.41) is 0. The summed E-state index contributed by atoms with van der Waals surface area (Å²) in [7, 11) is 0. The zero-order valence-electron chi connectivity index (χ0n) is 14.1. The summed E-state index contributed by atoms with van der Waals surface area (Å²) in [5.41, 5.74) is 10.4. The Morgan fingerprint density at radius 2 is 1.75 bits per heavy atom. The maximum Gasteiger partial charge on any atom is 0.119 e. The van der Waals surface area contributed by atoms with Crippen LogP contribution in [0.25, 0.3) is 11.1 Å². The minimum atomic E-state index is 0. The third kappa shape index (κ3) is 3.38. The Kier molecular flexibility index (Phi) is 5.02. The van der Waals surface area contributed by atoms with E-state index in [1.165, 1.54) is 31.5 Å². The Labute approximate surface area is 150 Å². The van der Waals surface area contributed by atoms with Crippen LogP contribution in [0.15, 0.2) is 42.5 Å². The first kappa shape index (κ1) is 17.1. The Bertz CT molecular complexity index is 693. The van der Waals surface area contributed by atoms with Gasteiger partial charge in [-0.15, -0.1) is 12.4 Å². The van der Waals surface area contributed by atoms with Crippen LogP contribution in [0.1, 0.15) is 18.4 Å². The van der Waals surface area contributed by atoms with E-state index < -0.39 is 0 Å². The van der Waals surface area contributed by atoms with Crippen LogP contribution in [-0.2, 0) is 0 Å². The fourth-order valence-electron chi connectivity index (χ4n) is 3.88. The number of hydrogen-bond acceptors (Lipinski definition) is 3. The Morgan fingerprint density at radius 3 is 2.33 bits per heavy atom. The summed E-state index contributed by atoms with van der Waals surface area (Å²) >= 11 is 0. The first-order chi connectivity index (χ1) is 11.2. The molecule has 0 aromatic heterocycles. The van der Waals surface area contributed by atoms with Gasteiger partial charge in [-0.25, -0.2) is 0 Å². The van der Waals surface area contributed by atoms with Crippen molar-refractivity contribution in [1.82, 2.24) is 4.90 Å². The number of anilines is 1. The van der Waals surface area contributed by atoms with Crippen molar-refractivity contribution in [3.8, 4) is 16.9 Å². The number of fused-ring (bicyclic) bond motifs is 3. The molecule has 1 atom stereocenters. The number of ether oxygens (including phenoxy) is 1. The normalized spacial score (nSPS) is 25.1. The third-order valence-corrected chi connectivity index (χ3v) is 5.26. The van der Waals surface area contributed by atoms with E-state index in [0.717, 1.165) is 35.0 Å². The molecule has 3 heterocycles. The zero-order chi connectivity index (χ0) is 15.8. The molecular formula is C20H25ClN2O. The molecule has 0 saturated carbocycles. The Balaban J connectivity index is 0.00000169. The van der Waals surface area contributed by atoms with Gasteiger partial charge in [-0.2, -0.15) is 0 Å². The van der Waals surface area contributed by atoms with Crippen molar-refractivity contribution in [1.29, 1.82) is 0 Å².